The number of benzene rings is 1. The fourth-order valence-corrected chi connectivity index (χ4v) is 1.96. The molecule has 0 aliphatic rings. The Labute approximate surface area is 85.7 Å². The third-order valence-electron chi connectivity index (χ3n) is 2.28. The van der Waals surface area contributed by atoms with Crippen LogP contribution in [0.5, 0.6) is 0 Å². The average Bonchev–Trinajstić information content (AvgIpc) is 2.04. The average molecular weight is 194 g/mol. The van der Waals surface area contributed by atoms with Gasteiger partial charge < -0.3 is 0 Å². The van der Waals surface area contributed by atoms with Crippen molar-refractivity contribution in [3.8, 4) is 0 Å². The molecule has 1 atom stereocenters. The Hall–Kier alpha value is -0.430. The molecule has 1 unspecified atom stereocenters. The minimum Gasteiger partial charge on any atom is -0.122 e. The van der Waals surface area contributed by atoms with Gasteiger partial charge in [-0.2, -0.15) is 0 Å². The van der Waals surface area contributed by atoms with Crippen LogP contribution in [-0.2, 0) is 0 Å². The van der Waals surface area contributed by atoms with Gasteiger partial charge in [0.15, 0.2) is 0 Å². The van der Waals surface area contributed by atoms with E-state index < -0.39 is 0 Å². The molecule has 1 rings (SSSR count). The Balaban J connectivity index is 2.61. The number of hydrogen-bond acceptors (Lipinski definition) is 1. The monoisotopic (exact) mass is 194 g/mol. The lowest BCUT2D eigenvalue weighted by atomic mass is 9.93. The summed E-state index contributed by atoms with van der Waals surface area (Å²) in [5.41, 5.74) is 0.376. The van der Waals surface area contributed by atoms with Crippen molar-refractivity contribution in [1.29, 1.82) is 0 Å². The van der Waals surface area contributed by atoms with E-state index in [1.54, 1.807) is 0 Å². The standard InChI is InChI=1S/C12H18S/c1-10(12(2,3)4)13-11-8-6-5-7-9-11/h5-10H,1-4H3. The second kappa shape index (κ2) is 4.19. The summed E-state index contributed by atoms with van der Waals surface area (Å²) in [6.45, 7) is 9.15. The molecule has 0 bridgehead atoms. The molecule has 0 saturated heterocycles. The molecule has 1 heteroatoms. The van der Waals surface area contributed by atoms with Crippen LogP contribution in [0.2, 0.25) is 0 Å². The van der Waals surface area contributed by atoms with E-state index >= 15 is 0 Å². The number of hydrogen-bond donors (Lipinski definition) is 0. The van der Waals surface area contributed by atoms with Crippen molar-refractivity contribution >= 4 is 11.8 Å². The largest absolute Gasteiger partial charge is 0.122 e. The Bertz CT molecular complexity index is 246. The molecule has 0 fully saturated rings. The summed E-state index contributed by atoms with van der Waals surface area (Å²) in [6, 6.07) is 10.6. The van der Waals surface area contributed by atoms with Crippen molar-refractivity contribution < 1.29 is 0 Å². The van der Waals surface area contributed by atoms with Gasteiger partial charge in [-0.05, 0) is 17.5 Å². The SMILES string of the molecule is CC(Sc1ccccc1)C(C)(C)C. The molecule has 0 aromatic heterocycles. The molecule has 1 aromatic rings. The van der Waals surface area contributed by atoms with Gasteiger partial charge in [-0.15, -0.1) is 11.8 Å². The summed E-state index contributed by atoms with van der Waals surface area (Å²) < 4.78 is 0. The molecule has 0 nitrogen and oxygen atoms in total. The van der Waals surface area contributed by atoms with Gasteiger partial charge in [0, 0.05) is 10.1 Å². The third kappa shape index (κ3) is 3.43. The molecular weight excluding hydrogens is 176 g/mol. The summed E-state index contributed by atoms with van der Waals surface area (Å²) in [6.07, 6.45) is 0. The predicted octanol–water partition coefficient (Wildman–Crippen LogP) is 4.21. The Kier molecular flexibility index (Phi) is 3.43. The van der Waals surface area contributed by atoms with Crippen LogP contribution in [0.4, 0.5) is 0 Å². The normalized spacial score (nSPS) is 14.2. The zero-order valence-electron chi connectivity index (χ0n) is 8.87. The Morgan fingerprint density at radius 3 is 2.08 bits per heavy atom. The van der Waals surface area contributed by atoms with Crippen LogP contribution in [0.15, 0.2) is 35.2 Å². The number of thioether (sulfide) groups is 1. The lowest BCUT2D eigenvalue weighted by Crippen LogP contribution is -2.19. The highest BCUT2D eigenvalue weighted by Crippen LogP contribution is 2.34. The van der Waals surface area contributed by atoms with Crippen LogP contribution in [0, 0.1) is 5.41 Å². The van der Waals surface area contributed by atoms with Crippen LogP contribution in [0.1, 0.15) is 27.7 Å². The van der Waals surface area contributed by atoms with Gasteiger partial charge in [-0.1, -0.05) is 45.9 Å². The molecule has 0 heterocycles. The van der Waals surface area contributed by atoms with Crippen molar-refractivity contribution in [3.05, 3.63) is 30.3 Å². The highest BCUT2D eigenvalue weighted by atomic mass is 32.2. The van der Waals surface area contributed by atoms with Crippen LogP contribution in [0.25, 0.3) is 0 Å². The van der Waals surface area contributed by atoms with Crippen molar-refractivity contribution in [2.75, 3.05) is 0 Å². The van der Waals surface area contributed by atoms with E-state index in [0.29, 0.717) is 10.7 Å². The van der Waals surface area contributed by atoms with E-state index in [4.69, 9.17) is 0 Å². The summed E-state index contributed by atoms with van der Waals surface area (Å²) in [5.74, 6) is 0. The van der Waals surface area contributed by atoms with E-state index in [1.165, 1.54) is 4.90 Å². The van der Waals surface area contributed by atoms with Crippen molar-refractivity contribution in [3.63, 3.8) is 0 Å². The van der Waals surface area contributed by atoms with E-state index in [1.807, 2.05) is 11.8 Å². The Morgan fingerprint density at radius 2 is 1.62 bits per heavy atom. The summed E-state index contributed by atoms with van der Waals surface area (Å²) in [7, 11) is 0. The highest BCUT2D eigenvalue weighted by molar-refractivity contribution is 8.00. The summed E-state index contributed by atoms with van der Waals surface area (Å²) >= 11 is 1.95. The van der Waals surface area contributed by atoms with Crippen LogP contribution in [0.3, 0.4) is 0 Å². The first-order valence-corrected chi connectivity index (χ1v) is 5.60. The topological polar surface area (TPSA) is 0 Å². The molecular formula is C12H18S. The quantitative estimate of drug-likeness (QED) is 0.635. The minimum absolute atomic E-state index is 0.376. The zero-order chi connectivity index (χ0) is 9.90. The first-order valence-electron chi connectivity index (χ1n) is 4.72. The van der Waals surface area contributed by atoms with Gasteiger partial charge in [0.2, 0.25) is 0 Å². The van der Waals surface area contributed by atoms with E-state index in [-0.39, 0.29) is 0 Å². The second-order valence-electron chi connectivity index (χ2n) is 4.44. The molecule has 72 valence electrons. The maximum absolute atomic E-state index is 2.29. The molecule has 0 aliphatic heterocycles. The third-order valence-corrected chi connectivity index (χ3v) is 3.88. The predicted molar refractivity (Wildman–Crippen MR) is 61.2 cm³/mol. The first kappa shape index (κ1) is 10.6. The van der Waals surface area contributed by atoms with Gasteiger partial charge in [0.25, 0.3) is 0 Å². The Morgan fingerprint density at radius 1 is 1.08 bits per heavy atom. The van der Waals surface area contributed by atoms with E-state index in [0.717, 1.165) is 0 Å². The molecule has 1 aromatic carbocycles. The van der Waals surface area contributed by atoms with Gasteiger partial charge in [0.1, 0.15) is 0 Å². The van der Waals surface area contributed by atoms with Crippen molar-refractivity contribution in [1.82, 2.24) is 0 Å². The second-order valence-corrected chi connectivity index (χ2v) is 5.85. The highest BCUT2D eigenvalue weighted by Gasteiger charge is 2.20. The van der Waals surface area contributed by atoms with Crippen LogP contribution in [-0.4, -0.2) is 5.25 Å². The lowest BCUT2D eigenvalue weighted by Gasteiger charge is -2.26. The van der Waals surface area contributed by atoms with Crippen molar-refractivity contribution in [2.24, 2.45) is 5.41 Å². The lowest BCUT2D eigenvalue weighted by molar-refractivity contribution is 0.411. The van der Waals surface area contributed by atoms with Gasteiger partial charge in [-0.25, -0.2) is 0 Å². The molecule has 0 saturated carbocycles. The van der Waals surface area contributed by atoms with Gasteiger partial charge in [0.05, 0.1) is 0 Å². The molecule has 0 amide bonds. The minimum atomic E-state index is 0.376. The maximum atomic E-state index is 2.29. The van der Waals surface area contributed by atoms with Crippen LogP contribution >= 0.6 is 11.8 Å². The fourth-order valence-electron chi connectivity index (χ4n) is 0.880. The molecule has 0 spiro atoms. The van der Waals surface area contributed by atoms with E-state index in [2.05, 4.69) is 58.0 Å². The molecule has 13 heavy (non-hydrogen) atoms. The molecule has 0 radical (unpaired) electrons. The van der Waals surface area contributed by atoms with E-state index in [9.17, 15) is 0 Å². The van der Waals surface area contributed by atoms with Crippen LogP contribution < -0.4 is 0 Å². The molecule has 0 aliphatic carbocycles. The fraction of sp³-hybridized carbons (Fsp3) is 0.500. The van der Waals surface area contributed by atoms with Gasteiger partial charge >= 0.3 is 0 Å². The number of rotatable bonds is 2. The zero-order valence-corrected chi connectivity index (χ0v) is 9.69. The van der Waals surface area contributed by atoms with Crippen molar-refractivity contribution in [2.45, 2.75) is 37.8 Å². The first-order chi connectivity index (χ1) is 6.00. The summed E-state index contributed by atoms with van der Waals surface area (Å²) in [5, 5.41) is 0.648. The molecule has 0 N–H and O–H groups in total. The summed E-state index contributed by atoms with van der Waals surface area (Å²) in [4.78, 5) is 1.37. The maximum Gasteiger partial charge on any atom is 0.0115 e. The van der Waals surface area contributed by atoms with Gasteiger partial charge in [-0.3, -0.25) is 0 Å². The smallest absolute Gasteiger partial charge is 0.0115 e.